The van der Waals surface area contributed by atoms with Crippen molar-refractivity contribution in [3.05, 3.63) is 51.6 Å². The van der Waals surface area contributed by atoms with Crippen molar-refractivity contribution in [3.8, 4) is 10.7 Å². The molecule has 0 atom stereocenters. The van der Waals surface area contributed by atoms with E-state index < -0.39 is 5.97 Å². The minimum Gasteiger partial charge on any atom is -0.476 e. The van der Waals surface area contributed by atoms with Gasteiger partial charge < -0.3 is 5.11 Å². The van der Waals surface area contributed by atoms with Crippen LogP contribution in [0.25, 0.3) is 22.9 Å². The Morgan fingerprint density at radius 2 is 2.05 bits per heavy atom. The van der Waals surface area contributed by atoms with Gasteiger partial charge in [0.1, 0.15) is 10.0 Å². The Morgan fingerprint density at radius 3 is 2.76 bits per heavy atom. The maximum absolute atomic E-state index is 10.8. The highest BCUT2D eigenvalue weighted by Crippen LogP contribution is 2.22. The maximum atomic E-state index is 10.8. The van der Waals surface area contributed by atoms with Crippen LogP contribution in [0.5, 0.6) is 0 Å². The fourth-order valence-electron chi connectivity index (χ4n) is 1.59. The second kappa shape index (κ2) is 5.94. The topological polar surface area (TPSA) is 76.0 Å². The molecule has 0 bridgehead atoms. The molecule has 21 heavy (non-hydrogen) atoms. The summed E-state index contributed by atoms with van der Waals surface area (Å²) in [6, 6.07) is 5.69. The Balaban J connectivity index is 1.77. The van der Waals surface area contributed by atoms with E-state index in [2.05, 4.69) is 15.0 Å². The summed E-state index contributed by atoms with van der Waals surface area (Å²) in [7, 11) is 0. The quantitative estimate of drug-likeness (QED) is 0.797. The van der Waals surface area contributed by atoms with Crippen molar-refractivity contribution in [2.45, 2.75) is 0 Å². The van der Waals surface area contributed by atoms with E-state index in [1.165, 1.54) is 28.1 Å². The lowest BCUT2D eigenvalue weighted by Gasteiger charge is -1.91. The van der Waals surface area contributed by atoms with Gasteiger partial charge in [-0.2, -0.15) is 0 Å². The lowest BCUT2D eigenvalue weighted by molar-refractivity contribution is 0.0691. The highest BCUT2D eigenvalue weighted by molar-refractivity contribution is 7.13. The molecular formula is C14H9N3O2S2. The van der Waals surface area contributed by atoms with Gasteiger partial charge in [-0.25, -0.2) is 14.8 Å². The number of thiazole rings is 2. The van der Waals surface area contributed by atoms with Gasteiger partial charge >= 0.3 is 5.97 Å². The molecule has 3 rings (SSSR count). The molecule has 3 aromatic heterocycles. The molecule has 1 N–H and O–H groups in total. The zero-order valence-corrected chi connectivity index (χ0v) is 12.3. The van der Waals surface area contributed by atoms with E-state index in [4.69, 9.17) is 5.11 Å². The molecule has 0 saturated heterocycles. The van der Waals surface area contributed by atoms with Gasteiger partial charge in [0.05, 0.1) is 11.4 Å². The fraction of sp³-hybridized carbons (Fsp3) is 0. The Hall–Kier alpha value is -2.38. The predicted molar refractivity (Wildman–Crippen MR) is 83.3 cm³/mol. The van der Waals surface area contributed by atoms with Crippen molar-refractivity contribution in [1.82, 2.24) is 15.0 Å². The number of nitrogens with zero attached hydrogens (tertiary/aromatic N) is 3. The van der Waals surface area contributed by atoms with Crippen LogP contribution in [-0.2, 0) is 0 Å². The Labute approximate surface area is 128 Å². The average molecular weight is 315 g/mol. The number of aromatic nitrogens is 3. The molecule has 0 aliphatic carbocycles. The molecule has 0 saturated carbocycles. The molecule has 104 valence electrons. The molecule has 3 heterocycles. The number of hydrogen-bond donors (Lipinski definition) is 1. The first kappa shape index (κ1) is 13.6. The van der Waals surface area contributed by atoms with Crippen molar-refractivity contribution in [2.24, 2.45) is 0 Å². The van der Waals surface area contributed by atoms with Crippen LogP contribution < -0.4 is 0 Å². The van der Waals surface area contributed by atoms with Crippen LogP contribution >= 0.6 is 22.7 Å². The van der Waals surface area contributed by atoms with Crippen LogP contribution in [0.15, 0.2) is 35.2 Å². The van der Waals surface area contributed by atoms with Gasteiger partial charge in [-0.15, -0.1) is 22.7 Å². The summed E-state index contributed by atoms with van der Waals surface area (Å²) < 4.78 is 0. The summed E-state index contributed by atoms with van der Waals surface area (Å²) in [5.74, 6) is -1.02. The fourth-order valence-corrected chi connectivity index (χ4v) is 3.04. The Morgan fingerprint density at radius 1 is 1.14 bits per heavy atom. The molecule has 3 aromatic rings. The predicted octanol–water partition coefficient (Wildman–Crippen LogP) is 3.53. The summed E-state index contributed by atoms with van der Waals surface area (Å²) in [5.41, 5.74) is 1.70. The molecular weight excluding hydrogens is 306 g/mol. The monoisotopic (exact) mass is 315 g/mol. The molecule has 7 heteroatoms. The number of carboxylic acid groups (broad SMARTS) is 1. The third-order valence-electron chi connectivity index (χ3n) is 2.54. The van der Waals surface area contributed by atoms with E-state index in [1.807, 2.05) is 29.7 Å². The molecule has 0 fully saturated rings. The van der Waals surface area contributed by atoms with Gasteiger partial charge in [-0.1, -0.05) is 6.07 Å². The molecule has 0 amide bonds. The summed E-state index contributed by atoms with van der Waals surface area (Å²) in [5, 5.41) is 13.7. The summed E-state index contributed by atoms with van der Waals surface area (Å²) in [6.07, 6.45) is 5.30. The van der Waals surface area contributed by atoms with Crippen molar-refractivity contribution < 1.29 is 9.90 Å². The van der Waals surface area contributed by atoms with Crippen LogP contribution in [0.1, 0.15) is 21.2 Å². The Kier molecular flexibility index (Phi) is 3.85. The third kappa shape index (κ3) is 3.21. The molecule has 5 nitrogen and oxygen atoms in total. The molecule has 0 radical (unpaired) electrons. The molecule has 0 aliphatic heterocycles. The van der Waals surface area contributed by atoms with Crippen molar-refractivity contribution in [2.75, 3.05) is 0 Å². The highest BCUT2D eigenvalue weighted by atomic mass is 32.1. The highest BCUT2D eigenvalue weighted by Gasteiger charge is 2.07. The summed E-state index contributed by atoms with van der Waals surface area (Å²) in [4.78, 5) is 23.5. The first-order valence-corrected chi connectivity index (χ1v) is 7.72. The van der Waals surface area contributed by atoms with Gasteiger partial charge in [0.15, 0.2) is 5.69 Å². The summed E-state index contributed by atoms with van der Waals surface area (Å²) in [6.45, 7) is 0. The third-order valence-corrected chi connectivity index (χ3v) is 4.24. The number of aromatic carboxylic acids is 1. The van der Waals surface area contributed by atoms with Crippen molar-refractivity contribution >= 4 is 40.8 Å². The van der Waals surface area contributed by atoms with Crippen LogP contribution in [-0.4, -0.2) is 26.0 Å². The Bertz CT molecular complexity index is 793. The van der Waals surface area contributed by atoms with E-state index in [0.717, 1.165) is 16.4 Å². The number of carboxylic acids is 1. The molecule has 0 aliphatic rings. The van der Waals surface area contributed by atoms with Gasteiger partial charge in [0.2, 0.25) is 0 Å². The lowest BCUT2D eigenvalue weighted by atomic mass is 10.3. The van der Waals surface area contributed by atoms with Crippen LogP contribution in [0.2, 0.25) is 0 Å². The smallest absolute Gasteiger partial charge is 0.355 e. The van der Waals surface area contributed by atoms with Crippen molar-refractivity contribution in [3.63, 3.8) is 0 Å². The van der Waals surface area contributed by atoms with Gasteiger partial charge in [0.25, 0.3) is 0 Å². The summed E-state index contributed by atoms with van der Waals surface area (Å²) >= 11 is 2.80. The SMILES string of the molecule is O=C(O)c1csc(/C=C/c2csc(-c3ccccn3)n2)n1. The second-order valence-corrected chi connectivity index (χ2v) is 5.75. The molecule has 0 spiro atoms. The number of pyridine rings is 1. The molecule has 0 unspecified atom stereocenters. The maximum Gasteiger partial charge on any atom is 0.355 e. The number of hydrogen-bond acceptors (Lipinski definition) is 6. The lowest BCUT2D eigenvalue weighted by Crippen LogP contribution is -1.95. The van der Waals surface area contributed by atoms with E-state index in [1.54, 1.807) is 12.3 Å². The second-order valence-electron chi connectivity index (χ2n) is 4.00. The van der Waals surface area contributed by atoms with Gasteiger partial charge in [-0.3, -0.25) is 4.98 Å². The number of rotatable bonds is 4. The minimum absolute atomic E-state index is 0.0621. The van der Waals surface area contributed by atoms with Crippen LogP contribution in [0.3, 0.4) is 0 Å². The zero-order chi connectivity index (χ0) is 14.7. The van der Waals surface area contributed by atoms with Gasteiger partial charge in [0, 0.05) is 17.0 Å². The number of carbonyl (C=O) groups is 1. The normalized spacial score (nSPS) is 11.0. The van der Waals surface area contributed by atoms with Crippen LogP contribution in [0.4, 0.5) is 0 Å². The first-order chi connectivity index (χ1) is 10.2. The van der Waals surface area contributed by atoms with E-state index >= 15 is 0 Å². The average Bonchev–Trinajstić information content (AvgIpc) is 3.15. The van der Waals surface area contributed by atoms with Crippen LogP contribution in [0, 0.1) is 0 Å². The van der Waals surface area contributed by atoms with Crippen molar-refractivity contribution in [1.29, 1.82) is 0 Å². The molecule has 0 aromatic carbocycles. The van der Waals surface area contributed by atoms with E-state index in [9.17, 15) is 4.79 Å². The van der Waals surface area contributed by atoms with E-state index in [-0.39, 0.29) is 5.69 Å². The zero-order valence-electron chi connectivity index (χ0n) is 10.6. The van der Waals surface area contributed by atoms with E-state index in [0.29, 0.717) is 5.01 Å². The first-order valence-electron chi connectivity index (χ1n) is 5.96. The minimum atomic E-state index is -1.02. The standard InChI is InChI=1S/C14H9N3O2S2/c18-14(19)11-8-20-12(17-11)5-4-9-7-21-13(16-9)10-3-1-2-6-15-10/h1-8H,(H,18,19)/b5-4+. The largest absolute Gasteiger partial charge is 0.476 e. The van der Waals surface area contributed by atoms with Gasteiger partial charge in [-0.05, 0) is 24.3 Å².